The van der Waals surface area contributed by atoms with E-state index >= 15 is 17.6 Å². The first-order chi connectivity index (χ1) is 63.7. The van der Waals surface area contributed by atoms with Gasteiger partial charge >= 0.3 is 0 Å². The van der Waals surface area contributed by atoms with Crippen molar-refractivity contribution in [3.05, 3.63) is 430 Å². The molecule has 25 aromatic rings. The van der Waals surface area contributed by atoms with E-state index in [0.717, 1.165) is 148 Å². The molecule has 0 radical (unpaired) electrons. The van der Waals surface area contributed by atoms with Crippen LogP contribution in [-0.4, -0.2) is 52.7 Å². The fraction of sp³-hybridized carbons (Fsp3) is 0. The monoisotopic (exact) mass is 1670 g/mol. The molecule has 0 saturated heterocycles. The van der Waals surface area contributed by atoms with Crippen molar-refractivity contribution in [3.8, 4) is 130 Å². The van der Waals surface area contributed by atoms with Gasteiger partial charge in [-0.25, -0.2) is 47.5 Å². The highest BCUT2D eigenvalue weighted by Crippen LogP contribution is 2.48. The van der Waals surface area contributed by atoms with Crippen LogP contribution in [0.3, 0.4) is 0 Å². The molecule has 25 rings (SSSR count). The van der Waals surface area contributed by atoms with Crippen molar-refractivity contribution < 1.29 is 17.6 Å². The molecule has 11 nitrogen and oxygen atoms in total. The largest absolute Gasteiger partial charge is 0.309 e. The van der Waals surface area contributed by atoms with Crippen molar-refractivity contribution in [2.45, 2.75) is 0 Å². The molecule has 606 valence electrons. The summed E-state index contributed by atoms with van der Waals surface area (Å²) in [5.41, 5.74) is 17.6. The van der Waals surface area contributed by atoms with Crippen molar-refractivity contribution in [2.24, 2.45) is 0 Å². The summed E-state index contributed by atoms with van der Waals surface area (Å²) in [6.45, 7) is 0. The second-order valence-corrected chi connectivity index (χ2v) is 32.5. The van der Waals surface area contributed by atoms with Gasteiger partial charge in [0, 0.05) is 110 Å². The van der Waals surface area contributed by atoms with E-state index in [2.05, 4.69) is 193 Å². The molecule has 15 heteroatoms. The van der Waals surface area contributed by atoms with Crippen LogP contribution in [0, 0.1) is 23.3 Å². The Morgan fingerprint density at radius 3 is 0.930 bits per heavy atom. The zero-order chi connectivity index (χ0) is 85.6. The van der Waals surface area contributed by atoms with E-state index < -0.39 is 23.3 Å². The fourth-order valence-electron chi connectivity index (χ4n) is 19.6. The van der Waals surface area contributed by atoms with Gasteiger partial charge in [-0.2, -0.15) is 0 Å². The molecule has 0 bridgehead atoms. The topological polar surface area (TPSA) is 102 Å². The Kier molecular flexibility index (Phi) is 17.1. The molecule has 0 amide bonds. The first-order valence-corrected chi connectivity index (χ1v) is 42.7. The molecule has 129 heavy (non-hydrogen) atoms. The number of nitrogens with zero attached hydrogens (tertiary/aromatic N) is 11. The second kappa shape index (κ2) is 29.7. The van der Waals surface area contributed by atoms with Crippen molar-refractivity contribution in [1.82, 2.24) is 52.7 Å². The predicted molar refractivity (Wildman–Crippen MR) is 514 cm³/mol. The Bertz CT molecular complexity index is 8700. The van der Waals surface area contributed by atoms with Gasteiger partial charge in [-0.1, -0.05) is 273 Å². The van der Waals surface area contributed by atoms with Gasteiger partial charge in [0.05, 0.1) is 77.7 Å². The molecular formula is C114H67F4N11. The van der Waals surface area contributed by atoms with Crippen LogP contribution in [0.5, 0.6) is 0 Å². The van der Waals surface area contributed by atoms with Gasteiger partial charge in [-0.15, -0.1) is 0 Å². The minimum Gasteiger partial charge on any atom is -0.309 e. The van der Waals surface area contributed by atoms with Gasteiger partial charge < -0.3 is 22.8 Å². The maximum absolute atomic E-state index is 19.4. The predicted octanol–water partition coefficient (Wildman–Crippen LogP) is 29.1. The van der Waals surface area contributed by atoms with Gasteiger partial charge in [0.1, 0.15) is 23.3 Å². The van der Waals surface area contributed by atoms with Crippen LogP contribution in [0.1, 0.15) is 0 Å². The van der Waals surface area contributed by atoms with Gasteiger partial charge in [0.25, 0.3) is 0 Å². The Morgan fingerprint density at radius 2 is 0.481 bits per heavy atom. The quantitative estimate of drug-likeness (QED) is 0.101. The highest BCUT2D eigenvalue weighted by Gasteiger charge is 2.30. The van der Waals surface area contributed by atoms with E-state index in [1.54, 1.807) is 18.2 Å². The molecule has 0 aliphatic heterocycles. The summed E-state index contributed by atoms with van der Waals surface area (Å²) in [5, 5.41) is 9.66. The lowest BCUT2D eigenvalue weighted by Crippen LogP contribution is -2.05. The van der Waals surface area contributed by atoms with Crippen molar-refractivity contribution in [3.63, 3.8) is 0 Å². The van der Waals surface area contributed by atoms with Crippen molar-refractivity contribution >= 4 is 109 Å². The first-order valence-electron chi connectivity index (χ1n) is 42.7. The van der Waals surface area contributed by atoms with Crippen LogP contribution in [0.2, 0.25) is 0 Å². The summed E-state index contributed by atoms with van der Waals surface area (Å²) in [7, 11) is 0. The third-order valence-electron chi connectivity index (χ3n) is 25.3. The van der Waals surface area contributed by atoms with Crippen molar-refractivity contribution in [1.29, 1.82) is 0 Å². The van der Waals surface area contributed by atoms with Crippen molar-refractivity contribution in [2.75, 3.05) is 0 Å². The Labute approximate surface area is 734 Å². The van der Waals surface area contributed by atoms with Crippen LogP contribution in [0.4, 0.5) is 17.6 Å². The molecule has 0 aliphatic rings. The van der Waals surface area contributed by atoms with E-state index in [1.165, 1.54) is 24.3 Å². The smallest absolute Gasteiger partial charge is 0.166 e. The molecular weight excluding hydrogens is 1600 g/mol. The maximum Gasteiger partial charge on any atom is 0.166 e. The number of hydrogen-bond donors (Lipinski definition) is 0. The third-order valence-corrected chi connectivity index (χ3v) is 25.3. The normalized spacial score (nSPS) is 11.9. The standard InChI is InChI=1S/C114H67F4N11/c115-90-42-26-43-91(116)105(90)72-51-56-88(114-123-111(70-31-9-3-10-32-70)120-112(124-114)71-33-11-4-12-34-71)102(63-72)129-103-66-75(126-95-46-21-15-37-79(95)80-38-16-22-47-96(80)126)53-58-82(103)83-59-54-76(67-104(83)129)127-98-49-24-18-40-86(98)107-84(41-25-50-100(107)127)85-60-61-92(117)106(108(85)118)73-52-57-87(113-121-109(68-27-5-1-6-28-68)119-110(122-113)69-29-7-2-8-30-69)101(64-73)128-97-48-23-17-39-81(97)89-65-74(55-62-99(89)128)125-93-44-19-13-35-77(93)78-36-14-20-45-94(78)125/h1-67H. The number of rotatable bonds is 14. The van der Waals surface area contributed by atoms with Crippen LogP contribution in [0.25, 0.3) is 239 Å². The lowest BCUT2D eigenvalue weighted by atomic mass is 9.93. The molecule has 0 saturated carbocycles. The molecule has 0 spiro atoms. The van der Waals surface area contributed by atoms with E-state index in [9.17, 15) is 0 Å². The van der Waals surface area contributed by atoms with Gasteiger partial charge in [-0.3, -0.25) is 0 Å². The minimum atomic E-state index is -0.765. The molecule has 0 aliphatic carbocycles. The highest BCUT2D eigenvalue weighted by atomic mass is 19.1. The molecule has 0 unspecified atom stereocenters. The number of halogens is 4. The lowest BCUT2D eigenvalue weighted by Gasteiger charge is -2.18. The van der Waals surface area contributed by atoms with E-state index in [4.69, 9.17) is 29.9 Å². The van der Waals surface area contributed by atoms with Crippen LogP contribution in [-0.2, 0) is 0 Å². The van der Waals surface area contributed by atoms with E-state index in [0.29, 0.717) is 63.0 Å². The third kappa shape index (κ3) is 12.0. The molecule has 0 fully saturated rings. The Balaban J connectivity index is 0.703. The SMILES string of the molecule is Fc1cccc(F)c1-c1ccc(-c2nc(-c3ccccc3)nc(-c3ccccc3)n2)c(-n2c3cc(-n4c5ccccc5c5ccccc54)ccc3c3ccc(-n4c5ccccc5c5c(-c6ccc(F)c(-c7ccc(-c8nc(-c9ccccc9)nc(-c9ccccc9)n8)c(-n8c9ccccc9c9cc(-n%10c%11ccccc%11c%11ccccc%11%10)ccc98)c7)c6F)cccc54)cc32)c1. The summed E-state index contributed by atoms with van der Waals surface area (Å²) >= 11 is 0. The lowest BCUT2D eigenvalue weighted by molar-refractivity contribution is 0.589. The summed E-state index contributed by atoms with van der Waals surface area (Å²) < 4.78 is 82.0. The zero-order valence-corrected chi connectivity index (χ0v) is 68.6. The molecule has 7 aromatic heterocycles. The van der Waals surface area contributed by atoms with Gasteiger partial charge in [0.2, 0.25) is 0 Å². The number of hydrogen-bond acceptors (Lipinski definition) is 6. The number of benzene rings is 18. The second-order valence-electron chi connectivity index (χ2n) is 32.5. The van der Waals surface area contributed by atoms with E-state index in [1.807, 2.05) is 194 Å². The Morgan fingerprint density at radius 1 is 0.171 bits per heavy atom. The molecule has 0 N–H and O–H groups in total. The average Bonchev–Trinajstić information content (AvgIpc) is 1.56. The summed E-state index contributed by atoms with van der Waals surface area (Å²) in [6, 6.07) is 132. The molecule has 0 atom stereocenters. The number of para-hydroxylation sites is 6. The molecule has 7 heterocycles. The number of aromatic nitrogens is 11. The van der Waals surface area contributed by atoms with Crippen LogP contribution >= 0.6 is 0 Å². The maximum atomic E-state index is 19.4. The summed E-state index contributed by atoms with van der Waals surface area (Å²) in [6.07, 6.45) is 0. The summed E-state index contributed by atoms with van der Waals surface area (Å²) in [4.78, 5) is 31.5. The highest BCUT2D eigenvalue weighted by molar-refractivity contribution is 6.18. The fourth-order valence-corrected chi connectivity index (χ4v) is 19.6. The van der Waals surface area contributed by atoms with Gasteiger partial charge in [-0.05, 0) is 150 Å². The van der Waals surface area contributed by atoms with E-state index in [-0.39, 0.29) is 27.8 Å². The Hall–Kier alpha value is -17.3. The summed E-state index contributed by atoms with van der Waals surface area (Å²) in [5.74, 6) is -0.572. The first kappa shape index (κ1) is 74.3. The van der Waals surface area contributed by atoms with Gasteiger partial charge in [0.15, 0.2) is 34.9 Å². The average molecular weight is 1670 g/mol. The minimum absolute atomic E-state index is 0.176. The zero-order valence-electron chi connectivity index (χ0n) is 68.6. The van der Waals surface area contributed by atoms with Crippen LogP contribution in [0.15, 0.2) is 406 Å². The number of fused-ring (bicyclic) bond motifs is 15. The molecule has 18 aromatic carbocycles. The van der Waals surface area contributed by atoms with Crippen LogP contribution < -0.4 is 0 Å².